The second-order valence-electron chi connectivity index (χ2n) is 14.6. The molecule has 0 spiro atoms. The lowest BCUT2D eigenvalue weighted by molar-refractivity contribution is -0.150. The molecule has 0 saturated carbocycles. The quantitative estimate of drug-likeness (QED) is 0.0372. The number of unbranched alkanes of at least 4 members (excludes halogenated alkanes) is 26. The lowest BCUT2D eigenvalue weighted by Gasteiger charge is -2.20. The summed E-state index contributed by atoms with van der Waals surface area (Å²) < 4.78 is 28.0. The first kappa shape index (κ1) is 47.5. The van der Waals surface area contributed by atoms with Crippen LogP contribution in [0, 0.1) is 11.8 Å². The fourth-order valence-corrected chi connectivity index (χ4v) is 7.16. The molecule has 0 radical (unpaired) electrons. The van der Waals surface area contributed by atoms with Gasteiger partial charge in [0.1, 0.15) is 0 Å². The van der Waals surface area contributed by atoms with Gasteiger partial charge in [-0.25, -0.2) is 4.57 Å². The zero-order valence-corrected chi connectivity index (χ0v) is 33.1. The zero-order chi connectivity index (χ0) is 35.4. The fraction of sp³-hybridized carbons (Fsp3) is 0.975. The van der Waals surface area contributed by atoms with Crippen LogP contribution in [0.5, 0.6) is 0 Å². The number of carbonyl (C=O) groups excluding carboxylic acids is 1. The standard InChI is InChI=1S/C40H82NO6P/c1-4-6-8-10-12-14-16-18-20-22-24-26-28-30-32-38(3)40(42)45-36-39(37-47-48(43,44)46-35-34-41)33-31-29-27-25-23-21-19-17-15-13-11-9-7-5-2/h38-39H,4-37,41H2,1-3H3,(H,43,44). The van der Waals surface area contributed by atoms with Crippen molar-refractivity contribution in [2.24, 2.45) is 17.6 Å². The smallest absolute Gasteiger partial charge is 0.465 e. The van der Waals surface area contributed by atoms with Crippen LogP contribution in [-0.4, -0.2) is 37.2 Å². The van der Waals surface area contributed by atoms with E-state index in [1.54, 1.807) is 0 Å². The topological polar surface area (TPSA) is 108 Å². The molecule has 0 aliphatic heterocycles. The minimum Gasteiger partial charge on any atom is -0.465 e. The van der Waals surface area contributed by atoms with Crippen LogP contribution in [0.25, 0.3) is 0 Å². The Kier molecular flexibility index (Phi) is 36.0. The van der Waals surface area contributed by atoms with E-state index in [2.05, 4.69) is 13.8 Å². The van der Waals surface area contributed by atoms with Gasteiger partial charge < -0.3 is 15.4 Å². The van der Waals surface area contributed by atoms with Crippen LogP contribution in [0.15, 0.2) is 0 Å². The van der Waals surface area contributed by atoms with Crippen molar-refractivity contribution in [2.75, 3.05) is 26.4 Å². The highest BCUT2D eigenvalue weighted by Gasteiger charge is 2.24. The Balaban J connectivity index is 4.14. The number of hydrogen-bond donors (Lipinski definition) is 2. The first-order valence-corrected chi connectivity index (χ1v) is 22.3. The maximum Gasteiger partial charge on any atom is 0.472 e. The lowest BCUT2D eigenvalue weighted by atomic mass is 10.00. The van der Waals surface area contributed by atoms with Crippen LogP contribution in [0.4, 0.5) is 0 Å². The van der Waals surface area contributed by atoms with E-state index in [1.165, 1.54) is 161 Å². The maximum absolute atomic E-state index is 12.8. The third-order valence-electron chi connectivity index (χ3n) is 9.67. The van der Waals surface area contributed by atoms with Crippen molar-refractivity contribution in [2.45, 2.75) is 213 Å². The second kappa shape index (κ2) is 36.3. The molecule has 0 aromatic carbocycles. The highest BCUT2D eigenvalue weighted by atomic mass is 31.2. The minimum absolute atomic E-state index is 0.0252. The molecule has 0 fully saturated rings. The Morgan fingerprint density at radius 3 is 1.29 bits per heavy atom. The van der Waals surface area contributed by atoms with Crippen molar-refractivity contribution < 1.29 is 28.0 Å². The summed E-state index contributed by atoms with van der Waals surface area (Å²) in [5.41, 5.74) is 5.40. The molecule has 3 atom stereocenters. The predicted molar refractivity (Wildman–Crippen MR) is 204 cm³/mol. The van der Waals surface area contributed by atoms with Gasteiger partial charge in [-0.1, -0.05) is 201 Å². The molecular formula is C40H82NO6P. The van der Waals surface area contributed by atoms with E-state index >= 15 is 0 Å². The average Bonchev–Trinajstić information content (AvgIpc) is 3.08. The maximum atomic E-state index is 12.8. The van der Waals surface area contributed by atoms with Crippen LogP contribution in [-0.2, 0) is 23.1 Å². The Bertz CT molecular complexity index is 724. The Morgan fingerprint density at radius 2 is 0.917 bits per heavy atom. The van der Waals surface area contributed by atoms with Gasteiger partial charge in [0.25, 0.3) is 0 Å². The van der Waals surface area contributed by atoms with E-state index in [9.17, 15) is 14.3 Å². The molecule has 48 heavy (non-hydrogen) atoms. The second-order valence-corrected chi connectivity index (χ2v) is 16.0. The summed E-state index contributed by atoms with van der Waals surface area (Å²) in [6.45, 7) is 6.83. The fourth-order valence-electron chi connectivity index (χ4n) is 6.35. The van der Waals surface area contributed by atoms with E-state index in [-0.39, 0.29) is 44.2 Å². The Labute approximate surface area is 298 Å². The highest BCUT2D eigenvalue weighted by molar-refractivity contribution is 7.47. The van der Waals surface area contributed by atoms with E-state index in [0.29, 0.717) is 0 Å². The monoisotopic (exact) mass is 704 g/mol. The van der Waals surface area contributed by atoms with Crippen molar-refractivity contribution >= 4 is 13.8 Å². The summed E-state index contributed by atoms with van der Waals surface area (Å²) >= 11 is 0. The molecule has 8 heteroatoms. The number of hydrogen-bond acceptors (Lipinski definition) is 6. The van der Waals surface area contributed by atoms with E-state index < -0.39 is 7.82 Å². The molecule has 0 aromatic rings. The van der Waals surface area contributed by atoms with E-state index in [4.69, 9.17) is 19.5 Å². The van der Waals surface area contributed by atoms with Gasteiger partial charge in [-0.15, -0.1) is 0 Å². The first-order chi connectivity index (χ1) is 23.4. The summed E-state index contributed by atoms with van der Waals surface area (Å²) in [5.74, 6) is -0.453. The SMILES string of the molecule is CCCCCCCCCCCCCCCCC(COC(=O)C(C)CCCCCCCCCCCCCCCC)COP(=O)(O)OCCN. The van der Waals surface area contributed by atoms with Gasteiger partial charge in [0.05, 0.1) is 25.7 Å². The van der Waals surface area contributed by atoms with Gasteiger partial charge >= 0.3 is 13.8 Å². The Hall–Kier alpha value is -0.460. The lowest BCUT2D eigenvalue weighted by Crippen LogP contribution is -2.22. The molecule has 0 aliphatic rings. The van der Waals surface area contributed by atoms with Crippen molar-refractivity contribution in [1.82, 2.24) is 0 Å². The molecule has 0 aliphatic carbocycles. The molecule has 7 nitrogen and oxygen atoms in total. The first-order valence-electron chi connectivity index (χ1n) is 20.8. The predicted octanol–water partition coefficient (Wildman–Crippen LogP) is 12.6. The molecule has 288 valence electrons. The third-order valence-corrected chi connectivity index (χ3v) is 10.7. The highest BCUT2D eigenvalue weighted by Crippen LogP contribution is 2.43. The van der Waals surface area contributed by atoms with Gasteiger partial charge in [-0.3, -0.25) is 13.8 Å². The van der Waals surface area contributed by atoms with E-state index in [1.807, 2.05) is 6.92 Å². The van der Waals surface area contributed by atoms with Crippen LogP contribution < -0.4 is 5.73 Å². The van der Waals surface area contributed by atoms with Crippen molar-refractivity contribution in [3.8, 4) is 0 Å². The number of esters is 1. The summed E-state index contributed by atoms with van der Waals surface area (Å²) in [4.78, 5) is 22.7. The van der Waals surface area contributed by atoms with Gasteiger partial charge in [-0.05, 0) is 12.8 Å². The van der Waals surface area contributed by atoms with Crippen molar-refractivity contribution in [3.63, 3.8) is 0 Å². The van der Waals surface area contributed by atoms with Crippen molar-refractivity contribution in [3.05, 3.63) is 0 Å². The normalized spacial score (nSPS) is 14.2. The molecule has 0 rings (SSSR count). The summed E-state index contributed by atoms with van der Waals surface area (Å²) in [7, 11) is -4.16. The molecular weight excluding hydrogens is 621 g/mol. The summed E-state index contributed by atoms with van der Waals surface area (Å²) in [6.07, 6.45) is 38.3. The van der Waals surface area contributed by atoms with Crippen LogP contribution >= 0.6 is 7.82 Å². The van der Waals surface area contributed by atoms with Crippen molar-refractivity contribution in [1.29, 1.82) is 0 Å². The number of rotatable bonds is 39. The number of carbonyl (C=O) groups is 1. The summed E-state index contributed by atoms with van der Waals surface area (Å²) in [6, 6.07) is 0. The molecule has 0 heterocycles. The van der Waals surface area contributed by atoms with Crippen LogP contribution in [0.3, 0.4) is 0 Å². The molecule has 0 bridgehead atoms. The average molecular weight is 704 g/mol. The number of nitrogens with two attached hydrogens (primary N) is 1. The van der Waals surface area contributed by atoms with Crippen LogP contribution in [0.2, 0.25) is 0 Å². The van der Waals surface area contributed by atoms with Gasteiger partial charge in [-0.2, -0.15) is 0 Å². The molecule has 3 unspecified atom stereocenters. The molecule has 3 N–H and O–H groups in total. The number of phosphoric ester groups is 1. The molecule has 0 aromatic heterocycles. The Morgan fingerprint density at radius 1 is 0.562 bits per heavy atom. The van der Waals surface area contributed by atoms with Gasteiger partial charge in [0.2, 0.25) is 0 Å². The zero-order valence-electron chi connectivity index (χ0n) is 32.2. The van der Waals surface area contributed by atoms with Crippen LogP contribution in [0.1, 0.15) is 213 Å². The van der Waals surface area contributed by atoms with E-state index in [0.717, 1.165) is 32.1 Å². The third kappa shape index (κ3) is 34.0. The molecule has 0 saturated heterocycles. The number of ether oxygens (including phenoxy) is 1. The minimum atomic E-state index is -4.16. The summed E-state index contributed by atoms with van der Waals surface area (Å²) in [5, 5.41) is 0. The largest absolute Gasteiger partial charge is 0.472 e. The number of phosphoric acid groups is 1. The molecule has 0 amide bonds. The van der Waals surface area contributed by atoms with Gasteiger partial charge in [0, 0.05) is 12.5 Å². The van der Waals surface area contributed by atoms with Gasteiger partial charge in [0.15, 0.2) is 0 Å².